The molecule has 3 saturated heterocycles. The van der Waals surface area contributed by atoms with Crippen molar-refractivity contribution in [3.63, 3.8) is 0 Å². The van der Waals surface area contributed by atoms with Crippen molar-refractivity contribution in [2.24, 2.45) is 0 Å². The lowest BCUT2D eigenvalue weighted by Gasteiger charge is -2.41. The van der Waals surface area contributed by atoms with E-state index in [1.807, 2.05) is 23.1 Å². The quantitative estimate of drug-likeness (QED) is 0.517. The zero-order valence-corrected chi connectivity index (χ0v) is 21.1. The summed E-state index contributed by atoms with van der Waals surface area (Å²) >= 11 is 0. The summed E-state index contributed by atoms with van der Waals surface area (Å²) in [6, 6.07) is 15.8. The molecule has 2 aromatic carbocycles. The third kappa shape index (κ3) is 5.31. The van der Waals surface area contributed by atoms with Crippen LogP contribution in [0.3, 0.4) is 0 Å². The Morgan fingerprint density at radius 1 is 1.03 bits per heavy atom. The molecule has 186 valence electrons. The minimum Gasteiger partial charge on any atom is -0.497 e. The second-order valence-electron chi connectivity index (χ2n) is 10.4. The second kappa shape index (κ2) is 11.0. The first-order valence-electron chi connectivity index (χ1n) is 13.3. The van der Waals surface area contributed by atoms with Gasteiger partial charge in [-0.3, -0.25) is 14.6 Å². The number of hydrogen-bond donors (Lipinski definition) is 0. The molecule has 2 bridgehead atoms. The molecule has 0 radical (unpaired) electrons. The van der Waals surface area contributed by atoms with Crippen LogP contribution in [-0.4, -0.2) is 72.5 Å². The van der Waals surface area contributed by atoms with Gasteiger partial charge in [0, 0.05) is 56.9 Å². The summed E-state index contributed by atoms with van der Waals surface area (Å²) in [5, 5.41) is 0. The highest BCUT2D eigenvalue weighted by molar-refractivity contribution is 5.96. The van der Waals surface area contributed by atoms with Crippen LogP contribution in [0.25, 0.3) is 11.1 Å². The van der Waals surface area contributed by atoms with E-state index in [1.54, 1.807) is 7.11 Å². The number of nitrogens with zero attached hydrogens (tertiary/aromatic N) is 3. The van der Waals surface area contributed by atoms with E-state index in [-0.39, 0.29) is 5.91 Å². The molecule has 2 atom stereocenters. The molecule has 0 N–H and O–H groups in total. The van der Waals surface area contributed by atoms with Gasteiger partial charge in [0.15, 0.2) is 0 Å². The van der Waals surface area contributed by atoms with Gasteiger partial charge in [0.2, 0.25) is 0 Å². The van der Waals surface area contributed by atoms with Crippen LogP contribution in [0.4, 0.5) is 0 Å². The number of likely N-dealkylation sites (tertiary alicyclic amines) is 1. The molecule has 5 nitrogen and oxygen atoms in total. The van der Waals surface area contributed by atoms with Crippen LogP contribution >= 0.6 is 0 Å². The van der Waals surface area contributed by atoms with E-state index in [4.69, 9.17) is 4.74 Å². The molecule has 5 heteroatoms. The monoisotopic (exact) mass is 473 g/mol. The molecular formula is C30H39N3O2. The Kier molecular flexibility index (Phi) is 7.54. The summed E-state index contributed by atoms with van der Waals surface area (Å²) in [6.07, 6.45) is 9.31. The SMILES string of the molecule is C=CCN1CCC2CCCC(C1)N2Cc1ccc(C(=O)N2CCCC2)cc1-c1cccc(OC)c1. The van der Waals surface area contributed by atoms with Crippen molar-refractivity contribution in [1.29, 1.82) is 0 Å². The van der Waals surface area contributed by atoms with Crippen LogP contribution in [-0.2, 0) is 6.54 Å². The van der Waals surface area contributed by atoms with Crippen molar-refractivity contribution in [2.45, 2.75) is 57.2 Å². The first-order valence-corrected chi connectivity index (χ1v) is 13.3. The molecule has 1 amide bonds. The third-order valence-electron chi connectivity index (χ3n) is 8.13. The molecule has 0 saturated carbocycles. The molecule has 0 aliphatic carbocycles. The lowest BCUT2D eigenvalue weighted by molar-refractivity contribution is 0.0782. The molecule has 5 rings (SSSR count). The van der Waals surface area contributed by atoms with Gasteiger partial charge >= 0.3 is 0 Å². The van der Waals surface area contributed by atoms with Crippen LogP contribution in [0.1, 0.15) is 54.4 Å². The molecule has 3 fully saturated rings. The number of amides is 1. The fourth-order valence-electron chi connectivity index (χ4n) is 6.26. The standard InChI is InChI=1S/C30H39N3O2/c1-3-15-31-18-14-26-9-7-10-27(22-31)33(26)21-25-13-12-24(30(34)32-16-4-5-17-32)20-29(25)23-8-6-11-28(19-23)35-2/h3,6,8,11-13,19-20,26-27H,1,4-5,7,9-10,14-18,21-22H2,2H3. The van der Waals surface area contributed by atoms with Gasteiger partial charge in [-0.1, -0.05) is 30.7 Å². The fraction of sp³-hybridized carbons (Fsp3) is 0.500. The zero-order chi connectivity index (χ0) is 24.2. The van der Waals surface area contributed by atoms with Crippen LogP contribution < -0.4 is 4.74 Å². The maximum Gasteiger partial charge on any atom is 0.253 e. The average molecular weight is 474 g/mol. The van der Waals surface area contributed by atoms with E-state index in [0.717, 1.165) is 74.6 Å². The van der Waals surface area contributed by atoms with Gasteiger partial charge in [0.1, 0.15) is 5.75 Å². The highest BCUT2D eigenvalue weighted by Gasteiger charge is 2.35. The highest BCUT2D eigenvalue weighted by atomic mass is 16.5. The lowest BCUT2D eigenvalue weighted by atomic mass is 9.91. The van der Waals surface area contributed by atoms with Crippen LogP contribution in [0.5, 0.6) is 5.75 Å². The van der Waals surface area contributed by atoms with E-state index in [9.17, 15) is 4.79 Å². The number of rotatable bonds is 7. The molecule has 2 aromatic rings. The Morgan fingerprint density at radius 3 is 2.66 bits per heavy atom. The van der Waals surface area contributed by atoms with E-state index in [0.29, 0.717) is 12.1 Å². The maximum absolute atomic E-state index is 13.2. The van der Waals surface area contributed by atoms with E-state index in [2.05, 4.69) is 46.7 Å². The minimum absolute atomic E-state index is 0.157. The van der Waals surface area contributed by atoms with Gasteiger partial charge in [-0.15, -0.1) is 6.58 Å². The number of hydrogen-bond acceptors (Lipinski definition) is 4. The Morgan fingerprint density at radius 2 is 1.86 bits per heavy atom. The summed E-state index contributed by atoms with van der Waals surface area (Å²) in [7, 11) is 1.71. The summed E-state index contributed by atoms with van der Waals surface area (Å²) in [4.78, 5) is 20.6. The van der Waals surface area contributed by atoms with Crippen molar-refractivity contribution < 1.29 is 9.53 Å². The number of ether oxygens (including phenoxy) is 1. The van der Waals surface area contributed by atoms with Crippen molar-refractivity contribution in [2.75, 3.05) is 39.8 Å². The van der Waals surface area contributed by atoms with Crippen molar-refractivity contribution in [3.8, 4) is 16.9 Å². The molecule has 35 heavy (non-hydrogen) atoms. The Bertz CT molecular complexity index is 1050. The van der Waals surface area contributed by atoms with E-state index < -0.39 is 0 Å². The minimum atomic E-state index is 0.157. The molecule has 3 aliphatic heterocycles. The van der Waals surface area contributed by atoms with E-state index in [1.165, 1.54) is 31.2 Å². The topological polar surface area (TPSA) is 36.0 Å². The zero-order valence-electron chi connectivity index (χ0n) is 21.1. The van der Waals surface area contributed by atoms with Crippen LogP contribution in [0, 0.1) is 0 Å². The largest absolute Gasteiger partial charge is 0.497 e. The van der Waals surface area contributed by atoms with Crippen molar-refractivity contribution >= 4 is 5.91 Å². The summed E-state index contributed by atoms with van der Waals surface area (Å²) in [5.74, 6) is 1.00. The smallest absolute Gasteiger partial charge is 0.253 e. The van der Waals surface area contributed by atoms with Crippen LogP contribution in [0.2, 0.25) is 0 Å². The Hall–Kier alpha value is -2.63. The number of carbonyl (C=O) groups is 1. The second-order valence-corrected chi connectivity index (χ2v) is 10.4. The number of carbonyl (C=O) groups excluding carboxylic acids is 1. The van der Waals surface area contributed by atoms with Gasteiger partial charge in [-0.25, -0.2) is 0 Å². The first-order chi connectivity index (χ1) is 17.2. The molecule has 0 spiro atoms. The number of benzene rings is 2. The van der Waals surface area contributed by atoms with Gasteiger partial charge < -0.3 is 9.64 Å². The van der Waals surface area contributed by atoms with Crippen molar-refractivity contribution in [1.82, 2.24) is 14.7 Å². The van der Waals surface area contributed by atoms with Gasteiger partial charge in [-0.2, -0.15) is 0 Å². The fourth-order valence-corrected chi connectivity index (χ4v) is 6.26. The van der Waals surface area contributed by atoms with Gasteiger partial charge in [0.25, 0.3) is 5.91 Å². The molecule has 3 heterocycles. The number of piperidine rings is 1. The first kappa shape index (κ1) is 24.1. The summed E-state index contributed by atoms with van der Waals surface area (Å²) in [6.45, 7) is 9.86. The van der Waals surface area contributed by atoms with Crippen molar-refractivity contribution in [3.05, 3.63) is 66.2 Å². The summed E-state index contributed by atoms with van der Waals surface area (Å²) < 4.78 is 5.54. The predicted molar refractivity (Wildman–Crippen MR) is 142 cm³/mol. The van der Waals surface area contributed by atoms with Gasteiger partial charge in [-0.05, 0) is 73.1 Å². The average Bonchev–Trinajstić information content (AvgIpc) is 3.41. The normalized spacial score (nSPS) is 23.2. The highest BCUT2D eigenvalue weighted by Crippen LogP contribution is 2.34. The lowest BCUT2D eigenvalue weighted by Crippen LogP contribution is -2.47. The molecule has 3 aliphatic rings. The van der Waals surface area contributed by atoms with Gasteiger partial charge in [0.05, 0.1) is 7.11 Å². The summed E-state index contributed by atoms with van der Waals surface area (Å²) in [5.41, 5.74) is 4.36. The Balaban J connectivity index is 1.48. The van der Waals surface area contributed by atoms with E-state index >= 15 is 0 Å². The number of methoxy groups -OCH3 is 1. The third-order valence-corrected chi connectivity index (χ3v) is 8.13. The predicted octanol–water partition coefficient (Wildman–Crippen LogP) is 5.21. The Labute approximate surface area is 210 Å². The van der Waals surface area contributed by atoms with Crippen LogP contribution in [0.15, 0.2) is 55.1 Å². The molecular weight excluding hydrogens is 434 g/mol. The molecule has 2 unspecified atom stereocenters. The number of fused-ring (bicyclic) bond motifs is 2. The maximum atomic E-state index is 13.2. The molecule has 0 aromatic heterocycles.